The first kappa shape index (κ1) is 18.4. The van der Waals surface area contributed by atoms with Gasteiger partial charge in [0.2, 0.25) is 5.91 Å². The van der Waals surface area contributed by atoms with Gasteiger partial charge < -0.3 is 4.90 Å². The minimum absolute atomic E-state index is 0.00402. The van der Waals surface area contributed by atoms with Gasteiger partial charge in [-0.25, -0.2) is 12.8 Å². The van der Waals surface area contributed by atoms with E-state index in [1.54, 1.807) is 23.1 Å². The van der Waals surface area contributed by atoms with Crippen LogP contribution in [0.25, 0.3) is 0 Å². The number of benzene rings is 2. The highest BCUT2D eigenvalue weighted by Gasteiger charge is 2.22. The topological polar surface area (TPSA) is 66.5 Å². The highest BCUT2D eigenvalue weighted by atomic mass is 32.2. The lowest BCUT2D eigenvalue weighted by atomic mass is 10.1. The Morgan fingerprint density at radius 1 is 1.04 bits per heavy atom. The van der Waals surface area contributed by atoms with Crippen molar-refractivity contribution < 1.29 is 17.6 Å². The van der Waals surface area contributed by atoms with Crippen LogP contribution in [0.4, 0.5) is 15.8 Å². The van der Waals surface area contributed by atoms with Gasteiger partial charge in [-0.1, -0.05) is 0 Å². The van der Waals surface area contributed by atoms with Gasteiger partial charge >= 0.3 is 0 Å². The van der Waals surface area contributed by atoms with E-state index in [9.17, 15) is 17.6 Å². The average molecular weight is 376 g/mol. The lowest BCUT2D eigenvalue weighted by Gasteiger charge is -2.28. The fraction of sp³-hybridized carbons (Fsp3) is 0.316. The van der Waals surface area contributed by atoms with Gasteiger partial charge in [-0.3, -0.25) is 9.52 Å². The molecule has 3 rings (SSSR count). The Hall–Kier alpha value is -2.41. The van der Waals surface area contributed by atoms with Gasteiger partial charge in [0.15, 0.2) is 0 Å². The Morgan fingerprint density at radius 3 is 2.46 bits per heavy atom. The smallest absolute Gasteiger partial charge is 0.261 e. The lowest BCUT2D eigenvalue weighted by Crippen LogP contribution is -2.35. The van der Waals surface area contributed by atoms with E-state index in [1.165, 1.54) is 19.1 Å². The van der Waals surface area contributed by atoms with Crippen LogP contribution in [0.5, 0.6) is 0 Å². The zero-order valence-electron chi connectivity index (χ0n) is 14.8. The maximum Gasteiger partial charge on any atom is 0.261 e. The molecule has 0 unspecified atom stereocenters. The molecule has 1 fully saturated rings. The minimum atomic E-state index is -3.82. The van der Waals surface area contributed by atoms with Crippen molar-refractivity contribution in [1.82, 2.24) is 0 Å². The molecule has 0 atom stereocenters. The molecule has 138 valence electrons. The molecule has 0 aromatic heterocycles. The first-order valence-electron chi connectivity index (χ1n) is 8.48. The standard InChI is InChI=1S/C19H21FN2O3S/c1-13-12-16(7-8-17(13)20)26(24,25)21-15-6-9-18(14(2)11-15)22-10-4-3-5-19(22)23/h6-9,11-12,21H,3-5,10H2,1-2H3. The summed E-state index contributed by atoms with van der Waals surface area (Å²) in [6.45, 7) is 4.04. The van der Waals surface area contributed by atoms with Gasteiger partial charge in [0.1, 0.15) is 5.82 Å². The number of piperidine rings is 1. The van der Waals surface area contributed by atoms with Gasteiger partial charge in [-0.2, -0.15) is 0 Å². The van der Waals surface area contributed by atoms with Crippen molar-refractivity contribution in [2.45, 2.75) is 38.0 Å². The molecule has 7 heteroatoms. The number of amides is 1. The number of anilines is 2. The molecule has 2 aromatic rings. The predicted molar refractivity (Wildman–Crippen MR) is 99.3 cm³/mol. The summed E-state index contributed by atoms with van der Waals surface area (Å²) in [4.78, 5) is 13.8. The molecule has 0 spiro atoms. The Balaban J connectivity index is 1.85. The van der Waals surface area contributed by atoms with Crippen molar-refractivity contribution >= 4 is 27.3 Å². The van der Waals surface area contributed by atoms with Gasteiger partial charge in [-0.05, 0) is 74.2 Å². The monoisotopic (exact) mass is 376 g/mol. The van der Waals surface area contributed by atoms with Gasteiger partial charge in [0.05, 0.1) is 4.90 Å². The zero-order valence-corrected chi connectivity index (χ0v) is 15.6. The van der Waals surface area contributed by atoms with Crippen LogP contribution in [0, 0.1) is 19.7 Å². The molecule has 1 saturated heterocycles. The van der Waals surface area contributed by atoms with Crippen LogP contribution in [0.2, 0.25) is 0 Å². The first-order chi connectivity index (χ1) is 12.3. The summed E-state index contributed by atoms with van der Waals surface area (Å²) in [5.74, 6) is -0.357. The quantitative estimate of drug-likeness (QED) is 0.883. The summed E-state index contributed by atoms with van der Waals surface area (Å²) < 4.78 is 40.9. The second kappa shape index (κ2) is 7.07. The second-order valence-electron chi connectivity index (χ2n) is 6.52. The molecule has 0 saturated carbocycles. The molecule has 26 heavy (non-hydrogen) atoms. The molecule has 0 bridgehead atoms. The van der Waals surface area contributed by atoms with Gasteiger partial charge in [0, 0.05) is 24.3 Å². The minimum Gasteiger partial charge on any atom is -0.312 e. The normalized spacial score (nSPS) is 15.2. The van der Waals surface area contributed by atoms with Crippen molar-refractivity contribution in [3.05, 3.63) is 53.3 Å². The molecule has 0 aliphatic carbocycles. The number of carbonyl (C=O) groups is 1. The molecular weight excluding hydrogens is 355 g/mol. The van der Waals surface area contributed by atoms with Crippen LogP contribution in [-0.4, -0.2) is 20.9 Å². The number of hydrogen-bond acceptors (Lipinski definition) is 3. The van der Waals surface area contributed by atoms with E-state index in [-0.39, 0.29) is 16.4 Å². The molecule has 1 N–H and O–H groups in total. The van der Waals surface area contributed by atoms with E-state index in [0.29, 0.717) is 18.7 Å². The summed E-state index contributed by atoms with van der Waals surface area (Å²) >= 11 is 0. The van der Waals surface area contributed by atoms with E-state index in [0.717, 1.165) is 30.2 Å². The van der Waals surface area contributed by atoms with E-state index in [2.05, 4.69) is 4.72 Å². The van der Waals surface area contributed by atoms with E-state index < -0.39 is 15.8 Å². The van der Waals surface area contributed by atoms with Crippen LogP contribution >= 0.6 is 0 Å². The van der Waals surface area contributed by atoms with Crippen molar-refractivity contribution in [3.63, 3.8) is 0 Å². The van der Waals surface area contributed by atoms with Crippen LogP contribution in [0.1, 0.15) is 30.4 Å². The van der Waals surface area contributed by atoms with Crippen LogP contribution in [0.15, 0.2) is 41.3 Å². The third kappa shape index (κ3) is 3.72. The fourth-order valence-corrected chi connectivity index (χ4v) is 4.22. The number of aryl methyl sites for hydroxylation is 2. The van der Waals surface area contributed by atoms with Crippen molar-refractivity contribution in [1.29, 1.82) is 0 Å². The highest BCUT2D eigenvalue weighted by molar-refractivity contribution is 7.92. The summed E-state index contributed by atoms with van der Waals surface area (Å²) in [7, 11) is -3.82. The fourth-order valence-electron chi connectivity index (χ4n) is 3.08. The third-order valence-electron chi connectivity index (χ3n) is 4.50. The summed E-state index contributed by atoms with van der Waals surface area (Å²) in [5.41, 5.74) is 2.28. The molecule has 1 aliphatic heterocycles. The molecule has 1 heterocycles. The number of rotatable bonds is 4. The first-order valence-corrected chi connectivity index (χ1v) is 9.96. The third-order valence-corrected chi connectivity index (χ3v) is 5.88. The van der Waals surface area contributed by atoms with E-state index in [1.807, 2.05) is 6.92 Å². The number of sulfonamides is 1. The lowest BCUT2D eigenvalue weighted by molar-refractivity contribution is -0.119. The van der Waals surface area contributed by atoms with Crippen molar-refractivity contribution in [2.24, 2.45) is 0 Å². The Kier molecular flexibility index (Phi) is 5.00. The number of nitrogens with zero attached hydrogens (tertiary/aromatic N) is 1. The second-order valence-corrected chi connectivity index (χ2v) is 8.20. The molecule has 1 aliphatic rings. The average Bonchev–Trinajstić information content (AvgIpc) is 2.58. The maximum absolute atomic E-state index is 13.4. The Labute approximate surface area is 152 Å². The summed E-state index contributed by atoms with van der Waals surface area (Å²) in [6, 6.07) is 8.76. The van der Waals surface area contributed by atoms with Crippen LogP contribution in [0.3, 0.4) is 0 Å². The summed E-state index contributed by atoms with van der Waals surface area (Å²) in [5, 5.41) is 0. The van der Waals surface area contributed by atoms with Crippen molar-refractivity contribution in [3.8, 4) is 0 Å². The molecule has 2 aromatic carbocycles. The van der Waals surface area contributed by atoms with Crippen LogP contribution < -0.4 is 9.62 Å². The highest BCUT2D eigenvalue weighted by Crippen LogP contribution is 2.28. The Bertz CT molecular complexity index is 957. The predicted octanol–water partition coefficient (Wildman–Crippen LogP) is 3.76. The number of halogens is 1. The van der Waals surface area contributed by atoms with Crippen LogP contribution in [-0.2, 0) is 14.8 Å². The molecule has 1 amide bonds. The summed E-state index contributed by atoms with van der Waals surface area (Å²) in [6.07, 6.45) is 2.41. The zero-order chi connectivity index (χ0) is 18.9. The van der Waals surface area contributed by atoms with Gasteiger partial charge in [0.25, 0.3) is 10.0 Å². The molecule has 5 nitrogen and oxygen atoms in total. The largest absolute Gasteiger partial charge is 0.312 e. The maximum atomic E-state index is 13.4. The van der Waals surface area contributed by atoms with E-state index >= 15 is 0 Å². The molecular formula is C19H21FN2O3S. The van der Waals surface area contributed by atoms with E-state index in [4.69, 9.17) is 0 Å². The molecule has 0 radical (unpaired) electrons. The SMILES string of the molecule is Cc1cc(S(=O)(=O)Nc2ccc(N3CCCCC3=O)c(C)c2)ccc1F. The number of carbonyl (C=O) groups excluding carboxylic acids is 1. The van der Waals surface area contributed by atoms with Crippen molar-refractivity contribution in [2.75, 3.05) is 16.2 Å². The Morgan fingerprint density at radius 2 is 1.81 bits per heavy atom. The number of nitrogens with one attached hydrogen (secondary N) is 1. The van der Waals surface area contributed by atoms with Gasteiger partial charge in [-0.15, -0.1) is 0 Å². The number of hydrogen-bond donors (Lipinski definition) is 1.